The highest BCUT2D eigenvalue weighted by Gasteiger charge is 1.94. The fraction of sp³-hybridized carbons (Fsp3) is 0.789. The first-order chi connectivity index (χ1) is 10.1. The quantitative estimate of drug-likeness (QED) is 0.247. The Labute approximate surface area is 133 Å². The second-order valence-electron chi connectivity index (χ2n) is 5.88. The molecule has 2 heteroatoms. The minimum atomic E-state index is -0.341. The van der Waals surface area contributed by atoms with Crippen LogP contribution in [0, 0.1) is 12.8 Å². The molecule has 0 atom stereocenters. The highest BCUT2D eigenvalue weighted by Crippen LogP contribution is 2.12. The molecule has 0 aliphatic heterocycles. The molecule has 0 aromatic carbocycles. The summed E-state index contributed by atoms with van der Waals surface area (Å²) in [4.78, 5) is 10.2. The van der Waals surface area contributed by atoms with E-state index in [-0.39, 0.29) is 5.97 Å². The van der Waals surface area contributed by atoms with Gasteiger partial charge in [-0.15, -0.1) is 0 Å². The first-order valence-electron chi connectivity index (χ1n) is 8.66. The van der Waals surface area contributed by atoms with Gasteiger partial charge in [-0.1, -0.05) is 92.1 Å². The van der Waals surface area contributed by atoms with Crippen molar-refractivity contribution in [2.75, 3.05) is 6.61 Å². The van der Waals surface area contributed by atoms with Gasteiger partial charge in [0.1, 0.15) is 0 Å². The summed E-state index contributed by atoms with van der Waals surface area (Å²) in [5.41, 5.74) is 0. The molecule has 0 aliphatic carbocycles. The van der Waals surface area contributed by atoms with E-state index in [2.05, 4.69) is 32.1 Å². The van der Waals surface area contributed by atoms with Gasteiger partial charge in [0.25, 0.3) is 0 Å². The number of hydrogen-bond donors (Lipinski definition) is 0. The number of carbonyl (C=O) groups excluding carboxylic acids is 1. The summed E-state index contributed by atoms with van der Waals surface area (Å²) in [5.74, 6) is 0.554. The number of ether oxygens (including phenoxy) is 1. The highest BCUT2D eigenvalue weighted by molar-refractivity contribution is 5.81. The molecular formula is C19H37O2. The third-order valence-electron chi connectivity index (χ3n) is 3.15. The van der Waals surface area contributed by atoms with Crippen molar-refractivity contribution in [1.82, 2.24) is 0 Å². The monoisotopic (exact) mass is 297 g/mol. The Balaban J connectivity index is 0. The van der Waals surface area contributed by atoms with Gasteiger partial charge in [-0.3, -0.25) is 0 Å². The van der Waals surface area contributed by atoms with E-state index in [1.807, 2.05) is 6.92 Å². The zero-order valence-electron chi connectivity index (χ0n) is 14.7. The van der Waals surface area contributed by atoms with Crippen molar-refractivity contribution in [1.29, 1.82) is 0 Å². The number of esters is 1. The predicted molar refractivity (Wildman–Crippen MR) is 93.2 cm³/mol. The van der Waals surface area contributed by atoms with Crippen LogP contribution in [-0.2, 0) is 9.53 Å². The molecular weight excluding hydrogens is 260 g/mol. The first kappa shape index (κ1) is 22.5. The maximum absolute atomic E-state index is 10.2. The van der Waals surface area contributed by atoms with Gasteiger partial charge < -0.3 is 4.74 Å². The van der Waals surface area contributed by atoms with Crippen LogP contribution in [0.1, 0.15) is 85.0 Å². The van der Waals surface area contributed by atoms with E-state index in [0.29, 0.717) is 6.61 Å². The van der Waals surface area contributed by atoms with Crippen LogP contribution >= 0.6 is 0 Å². The lowest BCUT2D eigenvalue weighted by Crippen LogP contribution is -1.99. The summed E-state index contributed by atoms with van der Waals surface area (Å²) in [6.07, 6.45) is 14.5. The molecule has 0 bridgehead atoms. The molecule has 0 saturated heterocycles. The Morgan fingerprint density at radius 1 is 1.05 bits per heavy atom. The van der Waals surface area contributed by atoms with Crippen molar-refractivity contribution in [2.45, 2.75) is 85.0 Å². The summed E-state index contributed by atoms with van der Waals surface area (Å²) in [7, 11) is 0. The normalized spacial score (nSPS) is 9.95. The molecule has 0 amide bonds. The summed E-state index contributed by atoms with van der Waals surface area (Å²) < 4.78 is 4.58. The maximum Gasteiger partial charge on any atom is 0.330 e. The Kier molecular flexibility index (Phi) is 20.6. The summed E-state index contributed by atoms with van der Waals surface area (Å²) in [5, 5.41) is 0. The summed E-state index contributed by atoms with van der Waals surface area (Å²) in [6.45, 7) is 14.2. The zero-order valence-corrected chi connectivity index (χ0v) is 14.7. The van der Waals surface area contributed by atoms with Crippen LogP contribution < -0.4 is 0 Å². The molecule has 0 spiro atoms. The Morgan fingerprint density at radius 2 is 1.57 bits per heavy atom. The molecule has 21 heavy (non-hydrogen) atoms. The van der Waals surface area contributed by atoms with Crippen LogP contribution in [0.25, 0.3) is 0 Å². The van der Waals surface area contributed by atoms with Crippen molar-refractivity contribution >= 4 is 5.97 Å². The minimum absolute atomic E-state index is 0.341. The molecule has 0 unspecified atom stereocenters. The molecule has 125 valence electrons. The van der Waals surface area contributed by atoms with E-state index >= 15 is 0 Å². The maximum atomic E-state index is 10.2. The Bertz CT molecular complexity index is 222. The standard InChI is InChI=1S/C13H27.C6H10O2/c1-4-5-6-7-8-9-10-11-12-13(2)3;1-3-5-8-6(7)4-2/h13H,1,4-12H2,2-3H3;4H,2-3,5H2,1H3. The van der Waals surface area contributed by atoms with Gasteiger partial charge in [0.2, 0.25) is 0 Å². The average molecular weight is 298 g/mol. The smallest absolute Gasteiger partial charge is 0.330 e. The second-order valence-corrected chi connectivity index (χ2v) is 5.88. The van der Waals surface area contributed by atoms with Crippen LogP contribution in [0.4, 0.5) is 0 Å². The van der Waals surface area contributed by atoms with E-state index in [4.69, 9.17) is 0 Å². The van der Waals surface area contributed by atoms with E-state index in [9.17, 15) is 4.79 Å². The van der Waals surface area contributed by atoms with Crippen molar-refractivity contribution < 1.29 is 9.53 Å². The van der Waals surface area contributed by atoms with Crippen molar-refractivity contribution in [3.63, 3.8) is 0 Å². The number of hydrogen-bond acceptors (Lipinski definition) is 2. The van der Waals surface area contributed by atoms with Crippen molar-refractivity contribution in [3.05, 3.63) is 19.6 Å². The lowest BCUT2D eigenvalue weighted by Gasteiger charge is -2.03. The van der Waals surface area contributed by atoms with E-state index in [0.717, 1.165) is 24.8 Å². The van der Waals surface area contributed by atoms with Crippen LogP contribution in [0.3, 0.4) is 0 Å². The average Bonchev–Trinajstić information content (AvgIpc) is 2.47. The second kappa shape index (κ2) is 19.2. The van der Waals surface area contributed by atoms with Gasteiger partial charge in [-0.25, -0.2) is 4.79 Å². The first-order valence-corrected chi connectivity index (χ1v) is 8.66. The van der Waals surface area contributed by atoms with Crippen molar-refractivity contribution in [2.24, 2.45) is 5.92 Å². The number of rotatable bonds is 12. The highest BCUT2D eigenvalue weighted by atomic mass is 16.5. The molecule has 0 saturated carbocycles. The third-order valence-corrected chi connectivity index (χ3v) is 3.15. The number of unbranched alkanes of at least 4 members (excludes halogenated alkanes) is 7. The van der Waals surface area contributed by atoms with E-state index in [1.54, 1.807) is 0 Å². The molecule has 2 nitrogen and oxygen atoms in total. The molecule has 0 heterocycles. The fourth-order valence-corrected chi connectivity index (χ4v) is 1.87. The molecule has 0 aromatic heterocycles. The lowest BCUT2D eigenvalue weighted by atomic mass is 10.0. The fourth-order valence-electron chi connectivity index (χ4n) is 1.87. The SMILES string of the molecule is C=CC(=O)OCCC.[CH2]CCCCCCCCCC(C)C. The van der Waals surface area contributed by atoms with E-state index in [1.165, 1.54) is 51.4 Å². The Hall–Kier alpha value is -0.790. The van der Waals surface area contributed by atoms with Gasteiger partial charge in [-0.2, -0.15) is 0 Å². The van der Waals surface area contributed by atoms with Crippen LogP contribution in [0.5, 0.6) is 0 Å². The molecule has 0 aliphatic rings. The molecule has 0 fully saturated rings. The van der Waals surface area contributed by atoms with Gasteiger partial charge in [0.05, 0.1) is 6.61 Å². The number of carbonyl (C=O) groups is 1. The summed E-state index contributed by atoms with van der Waals surface area (Å²) >= 11 is 0. The van der Waals surface area contributed by atoms with Gasteiger partial charge in [-0.05, 0) is 12.3 Å². The largest absolute Gasteiger partial charge is 0.463 e. The van der Waals surface area contributed by atoms with E-state index < -0.39 is 0 Å². The topological polar surface area (TPSA) is 26.3 Å². The molecule has 0 aromatic rings. The predicted octanol–water partition coefficient (Wildman–Crippen LogP) is 6.11. The van der Waals surface area contributed by atoms with Crippen LogP contribution in [-0.4, -0.2) is 12.6 Å². The Morgan fingerprint density at radius 3 is 2.00 bits per heavy atom. The van der Waals surface area contributed by atoms with Gasteiger partial charge >= 0.3 is 5.97 Å². The third kappa shape index (κ3) is 24.6. The van der Waals surface area contributed by atoms with Crippen molar-refractivity contribution in [3.8, 4) is 0 Å². The summed E-state index contributed by atoms with van der Waals surface area (Å²) in [6, 6.07) is 0. The molecule has 1 radical (unpaired) electrons. The zero-order chi connectivity index (χ0) is 16.3. The lowest BCUT2D eigenvalue weighted by molar-refractivity contribution is -0.137. The molecule has 0 rings (SSSR count). The van der Waals surface area contributed by atoms with Gasteiger partial charge in [0.15, 0.2) is 0 Å². The minimum Gasteiger partial charge on any atom is -0.463 e. The van der Waals surface area contributed by atoms with Crippen LogP contribution in [0.15, 0.2) is 12.7 Å². The van der Waals surface area contributed by atoms with Crippen LogP contribution in [0.2, 0.25) is 0 Å². The van der Waals surface area contributed by atoms with Gasteiger partial charge in [0, 0.05) is 6.08 Å². The molecule has 0 N–H and O–H groups in total.